The highest BCUT2D eigenvalue weighted by atomic mass is 35.5. The van der Waals surface area contributed by atoms with Crippen molar-refractivity contribution in [1.29, 1.82) is 0 Å². The van der Waals surface area contributed by atoms with Gasteiger partial charge in [0.1, 0.15) is 5.75 Å². The second kappa shape index (κ2) is 7.31. The molecule has 158 valence electrons. The van der Waals surface area contributed by atoms with Crippen molar-refractivity contribution in [3.63, 3.8) is 0 Å². The van der Waals surface area contributed by atoms with Crippen molar-refractivity contribution >= 4 is 23.5 Å². The maximum atomic E-state index is 12.7. The summed E-state index contributed by atoms with van der Waals surface area (Å²) in [6, 6.07) is 3.07. The zero-order chi connectivity index (χ0) is 20.9. The molecule has 2 saturated heterocycles. The van der Waals surface area contributed by atoms with E-state index >= 15 is 0 Å². The van der Waals surface area contributed by atoms with Crippen LogP contribution in [0.5, 0.6) is 5.75 Å². The van der Waals surface area contributed by atoms with Gasteiger partial charge >= 0.3 is 6.61 Å². The van der Waals surface area contributed by atoms with Crippen LogP contribution < -0.4 is 10.1 Å². The first kappa shape index (κ1) is 19.4. The van der Waals surface area contributed by atoms with Crippen molar-refractivity contribution in [2.45, 2.75) is 37.5 Å². The van der Waals surface area contributed by atoms with Crippen LogP contribution in [0.15, 0.2) is 24.5 Å². The van der Waals surface area contributed by atoms with E-state index in [2.05, 4.69) is 20.0 Å². The van der Waals surface area contributed by atoms with E-state index < -0.39 is 6.61 Å². The van der Waals surface area contributed by atoms with E-state index in [0.717, 1.165) is 12.0 Å². The van der Waals surface area contributed by atoms with E-state index in [1.54, 1.807) is 6.07 Å². The van der Waals surface area contributed by atoms with Crippen LogP contribution >= 0.6 is 11.6 Å². The van der Waals surface area contributed by atoms with Crippen molar-refractivity contribution in [2.75, 3.05) is 25.1 Å². The van der Waals surface area contributed by atoms with Gasteiger partial charge in [-0.3, -0.25) is 4.79 Å². The minimum atomic E-state index is -2.91. The summed E-state index contributed by atoms with van der Waals surface area (Å²) >= 11 is 6.03. The number of ether oxygens (including phenoxy) is 2. The molecule has 1 aromatic carbocycles. The van der Waals surface area contributed by atoms with E-state index in [9.17, 15) is 13.6 Å². The molecule has 1 unspecified atom stereocenters. The second-order valence-electron chi connectivity index (χ2n) is 7.89. The van der Waals surface area contributed by atoms with Gasteiger partial charge in [-0.25, -0.2) is 9.97 Å². The minimum absolute atomic E-state index is 0.0900. The van der Waals surface area contributed by atoms with Gasteiger partial charge in [0.05, 0.1) is 24.3 Å². The van der Waals surface area contributed by atoms with Gasteiger partial charge < -0.3 is 19.7 Å². The van der Waals surface area contributed by atoms with Crippen molar-refractivity contribution in [3.05, 3.63) is 46.2 Å². The number of hydrogen-bond donors (Lipinski definition) is 1. The lowest BCUT2D eigenvalue weighted by molar-refractivity contribution is -0.172. The molecule has 30 heavy (non-hydrogen) atoms. The Morgan fingerprint density at radius 1 is 1.30 bits per heavy atom. The van der Waals surface area contributed by atoms with Gasteiger partial charge in [-0.1, -0.05) is 11.6 Å². The van der Waals surface area contributed by atoms with Crippen molar-refractivity contribution in [2.24, 2.45) is 0 Å². The number of carbonyl (C=O) groups excluding carboxylic acids is 1. The van der Waals surface area contributed by atoms with Gasteiger partial charge in [-0.2, -0.15) is 8.78 Å². The Labute approximate surface area is 176 Å². The molecule has 1 N–H and O–H groups in total. The summed E-state index contributed by atoms with van der Waals surface area (Å²) in [5.41, 5.74) is 1.85. The number of halogens is 3. The predicted octanol–water partition coefficient (Wildman–Crippen LogP) is 2.93. The van der Waals surface area contributed by atoms with E-state index in [1.165, 1.54) is 18.5 Å². The van der Waals surface area contributed by atoms with Gasteiger partial charge in [0.25, 0.3) is 5.91 Å². The topological polar surface area (TPSA) is 76.6 Å². The Balaban J connectivity index is 1.25. The summed E-state index contributed by atoms with van der Waals surface area (Å²) in [5.74, 6) is 0.381. The highest BCUT2D eigenvalue weighted by Crippen LogP contribution is 2.38. The third-order valence-corrected chi connectivity index (χ3v) is 6.21. The summed E-state index contributed by atoms with van der Waals surface area (Å²) in [7, 11) is 0. The third-order valence-electron chi connectivity index (χ3n) is 5.99. The summed E-state index contributed by atoms with van der Waals surface area (Å²) in [6.07, 6.45) is 5.04. The quantitative estimate of drug-likeness (QED) is 0.776. The van der Waals surface area contributed by atoms with Crippen molar-refractivity contribution in [3.8, 4) is 5.75 Å². The molecule has 10 heteroatoms. The molecule has 2 fully saturated rings. The fraction of sp³-hybridized carbons (Fsp3) is 0.450. The molecule has 1 amide bonds. The summed E-state index contributed by atoms with van der Waals surface area (Å²) in [4.78, 5) is 23.0. The van der Waals surface area contributed by atoms with Gasteiger partial charge in [0, 0.05) is 30.0 Å². The highest BCUT2D eigenvalue weighted by molar-refractivity contribution is 6.30. The molecule has 1 spiro atoms. The van der Waals surface area contributed by atoms with Crippen molar-refractivity contribution < 1.29 is 23.0 Å². The number of anilines is 1. The van der Waals surface area contributed by atoms with E-state index in [-0.39, 0.29) is 23.2 Å². The molecule has 1 aromatic heterocycles. The highest BCUT2D eigenvalue weighted by Gasteiger charge is 2.53. The standard InChI is InChI=1S/C20H19ClF2N4O3/c21-13-3-11-4-14(6-15(11)16(5-13)30-18(22)23)26-19-24-7-12(8-25-19)17(28)27-2-1-20(27)9-29-10-20/h3,5,7-8,14,18H,1-2,4,6,9-10H2,(H,24,25,26). The number of fused-ring (bicyclic) bond motifs is 1. The molecule has 1 atom stereocenters. The second-order valence-corrected chi connectivity index (χ2v) is 8.33. The van der Waals surface area contributed by atoms with Crippen LogP contribution in [0.25, 0.3) is 0 Å². The molecule has 5 rings (SSSR count). The molecule has 3 aliphatic rings. The zero-order valence-electron chi connectivity index (χ0n) is 15.9. The molecule has 0 saturated carbocycles. The normalized spacial score (nSPS) is 21.2. The number of rotatable bonds is 5. The maximum absolute atomic E-state index is 12.7. The van der Waals surface area contributed by atoms with E-state index in [1.807, 2.05) is 4.90 Å². The Morgan fingerprint density at radius 3 is 2.67 bits per heavy atom. The fourth-order valence-corrected chi connectivity index (χ4v) is 4.54. The van der Waals surface area contributed by atoms with Crippen LogP contribution in [0.3, 0.4) is 0 Å². The van der Waals surface area contributed by atoms with Crippen molar-refractivity contribution in [1.82, 2.24) is 14.9 Å². The maximum Gasteiger partial charge on any atom is 0.387 e. The summed E-state index contributed by atoms with van der Waals surface area (Å²) in [6.45, 7) is -1.02. The predicted molar refractivity (Wildman–Crippen MR) is 104 cm³/mol. The molecule has 2 aliphatic heterocycles. The van der Waals surface area contributed by atoms with Crippen LogP contribution in [0.4, 0.5) is 14.7 Å². The molecular formula is C20H19ClF2N4O3. The number of alkyl halides is 2. The van der Waals surface area contributed by atoms with Gasteiger partial charge in [-0.15, -0.1) is 0 Å². The van der Waals surface area contributed by atoms with Crippen LogP contribution in [0, 0.1) is 0 Å². The number of benzene rings is 1. The lowest BCUT2D eigenvalue weighted by atomic mass is 9.82. The zero-order valence-corrected chi connectivity index (χ0v) is 16.7. The average Bonchev–Trinajstić information content (AvgIpc) is 3.02. The van der Waals surface area contributed by atoms with Gasteiger partial charge in [0.2, 0.25) is 5.95 Å². The van der Waals surface area contributed by atoms with Crippen LogP contribution in [-0.2, 0) is 17.6 Å². The molecule has 1 aliphatic carbocycles. The largest absolute Gasteiger partial charge is 0.434 e. The molecule has 0 bridgehead atoms. The molecular weight excluding hydrogens is 418 g/mol. The fourth-order valence-electron chi connectivity index (χ4n) is 4.31. The van der Waals surface area contributed by atoms with Gasteiger partial charge in [-0.05, 0) is 42.5 Å². The SMILES string of the molecule is O=C(c1cnc(NC2Cc3cc(Cl)cc(OC(F)F)c3C2)nc1)N1CCC12COC2. The number of hydrogen-bond acceptors (Lipinski definition) is 6. The summed E-state index contributed by atoms with van der Waals surface area (Å²) in [5, 5.41) is 3.55. The number of likely N-dealkylation sites (tertiary alicyclic amines) is 1. The number of carbonyl (C=O) groups is 1. The summed E-state index contributed by atoms with van der Waals surface area (Å²) < 4.78 is 35.3. The minimum Gasteiger partial charge on any atom is -0.434 e. The van der Waals surface area contributed by atoms with Gasteiger partial charge in [0.15, 0.2) is 0 Å². The third kappa shape index (κ3) is 3.35. The first-order valence-corrected chi connectivity index (χ1v) is 10.1. The smallest absolute Gasteiger partial charge is 0.387 e. The van der Waals surface area contributed by atoms with Crippen LogP contribution in [0.2, 0.25) is 5.02 Å². The Hall–Kier alpha value is -2.52. The monoisotopic (exact) mass is 436 g/mol. The molecule has 7 nitrogen and oxygen atoms in total. The number of aromatic nitrogens is 2. The number of amides is 1. The molecule has 0 radical (unpaired) electrons. The molecule has 2 aromatic rings. The Kier molecular flexibility index (Phi) is 4.74. The van der Waals surface area contributed by atoms with Crippen LogP contribution in [-0.4, -0.2) is 58.7 Å². The Morgan fingerprint density at radius 2 is 2.07 bits per heavy atom. The average molecular weight is 437 g/mol. The lowest BCUT2D eigenvalue weighted by Gasteiger charge is -2.57. The lowest BCUT2D eigenvalue weighted by Crippen LogP contribution is -2.72. The Bertz CT molecular complexity index is 979. The van der Waals surface area contributed by atoms with Crippen LogP contribution in [0.1, 0.15) is 27.9 Å². The van der Waals surface area contributed by atoms with E-state index in [0.29, 0.717) is 54.7 Å². The number of nitrogens with zero attached hydrogens (tertiary/aromatic N) is 3. The first-order chi connectivity index (χ1) is 14.4. The van der Waals surface area contributed by atoms with E-state index in [4.69, 9.17) is 16.3 Å². The number of nitrogens with one attached hydrogen (secondary N) is 1. The molecule has 3 heterocycles. The first-order valence-electron chi connectivity index (χ1n) is 9.68.